The van der Waals surface area contributed by atoms with Gasteiger partial charge in [0, 0.05) is 19.0 Å². The maximum absolute atomic E-state index is 11.6. The monoisotopic (exact) mass is 235 g/mol. The van der Waals surface area contributed by atoms with E-state index in [1.165, 1.54) is 0 Å². The number of carbonyl (C=O) groups excluding carboxylic acids is 1. The molecule has 1 amide bonds. The van der Waals surface area contributed by atoms with Gasteiger partial charge in [-0.05, 0) is 13.3 Å². The van der Waals surface area contributed by atoms with Gasteiger partial charge in [-0.2, -0.15) is 0 Å². The number of rotatable bonds is 6. The van der Waals surface area contributed by atoms with E-state index in [0.717, 1.165) is 6.42 Å². The van der Waals surface area contributed by atoms with Gasteiger partial charge in [-0.3, -0.25) is 4.79 Å². The molecule has 2 unspecified atom stereocenters. The summed E-state index contributed by atoms with van der Waals surface area (Å²) in [6.45, 7) is 4.20. The van der Waals surface area contributed by atoms with Crippen LogP contribution in [-0.4, -0.2) is 44.3 Å². The Bertz CT molecular complexity index is 201. The highest BCUT2D eigenvalue weighted by Gasteiger charge is 2.30. The van der Waals surface area contributed by atoms with Crippen molar-refractivity contribution in [2.45, 2.75) is 19.4 Å². The van der Waals surface area contributed by atoms with Crippen molar-refractivity contribution in [2.24, 2.45) is 5.92 Å². The summed E-state index contributed by atoms with van der Waals surface area (Å²) in [6, 6.07) is 0. The average molecular weight is 236 g/mol. The Balaban J connectivity index is 2.08. The molecule has 1 heterocycles. The van der Waals surface area contributed by atoms with Crippen molar-refractivity contribution >= 4 is 17.5 Å². The molecule has 4 nitrogen and oxygen atoms in total. The first-order chi connectivity index (χ1) is 7.25. The summed E-state index contributed by atoms with van der Waals surface area (Å²) in [6.07, 6.45) is 0.851. The Morgan fingerprint density at radius 1 is 1.60 bits per heavy atom. The summed E-state index contributed by atoms with van der Waals surface area (Å²) in [4.78, 5) is 11.6. The number of hydrogen-bond donors (Lipinski definition) is 1. The van der Waals surface area contributed by atoms with E-state index in [1.54, 1.807) is 0 Å². The summed E-state index contributed by atoms with van der Waals surface area (Å²) in [5.41, 5.74) is 0. The van der Waals surface area contributed by atoms with E-state index in [1.807, 2.05) is 6.92 Å². The summed E-state index contributed by atoms with van der Waals surface area (Å²) < 4.78 is 10.5. The van der Waals surface area contributed by atoms with E-state index in [-0.39, 0.29) is 17.9 Å². The zero-order valence-corrected chi connectivity index (χ0v) is 9.76. The van der Waals surface area contributed by atoms with Crippen LogP contribution in [0.3, 0.4) is 0 Å². The normalized spacial score (nSPS) is 25.5. The third kappa shape index (κ3) is 4.36. The lowest BCUT2D eigenvalue weighted by Gasteiger charge is -2.13. The highest BCUT2D eigenvalue weighted by atomic mass is 35.5. The zero-order valence-electron chi connectivity index (χ0n) is 9.00. The highest BCUT2D eigenvalue weighted by molar-refractivity contribution is 6.17. The predicted octanol–water partition coefficient (Wildman–Crippen LogP) is 0.783. The van der Waals surface area contributed by atoms with Crippen molar-refractivity contribution in [1.29, 1.82) is 0 Å². The van der Waals surface area contributed by atoms with Gasteiger partial charge in [-0.1, -0.05) is 0 Å². The van der Waals surface area contributed by atoms with Gasteiger partial charge in [-0.25, -0.2) is 0 Å². The molecule has 0 bridgehead atoms. The van der Waals surface area contributed by atoms with Gasteiger partial charge in [-0.15, -0.1) is 11.6 Å². The van der Waals surface area contributed by atoms with Crippen molar-refractivity contribution in [1.82, 2.24) is 5.32 Å². The number of carbonyl (C=O) groups is 1. The van der Waals surface area contributed by atoms with Crippen LogP contribution in [0.2, 0.25) is 0 Å². The molecule has 0 aliphatic carbocycles. The van der Waals surface area contributed by atoms with Crippen LogP contribution in [-0.2, 0) is 14.3 Å². The largest absolute Gasteiger partial charge is 0.378 e. The molecule has 0 spiro atoms. The minimum absolute atomic E-state index is 0.00183. The molecule has 0 aromatic rings. The van der Waals surface area contributed by atoms with Gasteiger partial charge in [0.15, 0.2) is 0 Å². The number of amides is 1. The number of nitrogens with one attached hydrogen (secondary N) is 1. The third-order valence-electron chi connectivity index (χ3n) is 2.48. The van der Waals surface area contributed by atoms with Crippen LogP contribution in [0.15, 0.2) is 0 Å². The summed E-state index contributed by atoms with van der Waals surface area (Å²) in [5.74, 6) is 0.550. The Labute approximate surface area is 95.3 Å². The predicted molar refractivity (Wildman–Crippen MR) is 58.1 cm³/mol. The van der Waals surface area contributed by atoms with Crippen molar-refractivity contribution in [3.8, 4) is 0 Å². The smallest absolute Gasteiger partial charge is 0.225 e. The highest BCUT2D eigenvalue weighted by Crippen LogP contribution is 2.20. The zero-order chi connectivity index (χ0) is 11.1. The number of alkyl halides is 1. The first kappa shape index (κ1) is 12.7. The molecule has 0 radical (unpaired) electrons. The van der Waals surface area contributed by atoms with Crippen LogP contribution < -0.4 is 5.32 Å². The lowest BCUT2D eigenvalue weighted by Crippen LogP contribution is -2.36. The fraction of sp³-hybridized carbons (Fsp3) is 0.900. The van der Waals surface area contributed by atoms with Crippen LogP contribution >= 0.6 is 11.6 Å². The summed E-state index contributed by atoms with van der Waals surface area (Å²) >= 11 is 5.44. The molecule has 1 rings (SSSR count). The van der Waals surface area contributed by atoms with E-state index in [9.17, 15) is 4.79 Å². The lowest BCUT2D eigenvalue weighted by atomic mass is 10.0. The minimum atomic E-state index is -0.00183. The number of halogens is 1. The third-order valence-corrected chi connectivity index (χ3v) is 2.63. The fourth-order valence-electron chi connectivity index (χ4n) is 1.61. The van der Waals surface area contributed by atoms with Gasteiger partial charge in [0.1, 0.15) is 0 Å². The molecule has 0 aromatic heterocycles. The topological polar surface area (TPSA) is 47.6 Å². The first-order valence-electron chi connectivity index (χ1n) is 5.28. The van der Waals surface area contributed by atoms with E-state index in [2.05, 4.69) is 5.32 Å². The van der Waals surface area contributed by atoms with Crippen LogP contribution in [0, 0.1) is 5.92 Å². The first-order valence-corrected chi connectivity index (χ1v) is 5.82. The Hall–Kier alpha value is -0.320. The molecule has 5 heteroatoms. The molecule has 1 fully saturated rings. The molecule has 88 valence electrons. The molecule has 1 aliphatic heterocycles. The molecule has 2 atom stereocenters. The molecule has 1 saturated heterocycles. The molecule has 0 aromatic carbocycles. The molecular weight excluding hydrogens is 218 g/mol. The average Bonchev–Trinajstić information content (AvgIpc) is 2.64. The van der Waals surface area contributed by atoms with E-state index in [0.29, 0.717) is 32.2 Å². The minimum Gasteiger partial charge on any atom is -0.378 e. The SMILES string of the molecule is CC1OCCC1C(=O)NCCOCCCl. The van der Waals surface area contributed by atoms with Crippen LogP contribution in [0.5, 0.6) is 0 Å². The van der Waals surface area contributed by atoms with Gasteiger partial charge < -0.3 is 14.8 Å². The maximum Gasteiger partial charge on any atom is 0.225 e. The summed E-state index contributed by atoms with van der Waals surface area (Å²) in [7, 11) is 0. The van der Waals surface area contributed by atoms with E-state index in [4.69, 9.17) is 21.1 Å². The van der Waals surface area contributed by atoms with Crippen molar-refractivity contribution in [3.63, 3.8) is 0 Å². The van der Waals surface area contributed by atoms with E-state index >= 15 is 0 Å². The van der Waals surface area contributed by atoms with Crippen LogP contribution in [0.1, 0.15) is 13.3 Å². The van der Waals surface area contributed by atoms with Gasteiger partial charge in [0.25, 0.3) is 0 Å². The number of hydrogen-bond acceptors (Lipinski definition) is 3. The molecular formula is C10H18ClNO3. The molecule has 15 heavy (non-hydrogen) atoms. The lowest BCUT2D eigenvalue weighted by molar-refractivity contribution is -0.126. The maximum atomic E-state index is 11.6. The van der Waals surface area contributed by atoms with Gasteiger partial charge in [0.2, 0.25) is 5.91 Å². The van der Waals surface area contributed by atoms with Crippen molar-refractivity contribution in [3.05, 3.63) is 0 Å². The van der Waals surface area contributed by atoms with Crippen molar-refractivity contribution < 1.29 is 14.3 Å². The second-order valence-corrected chi connectivity index (χ2v) is 3.94. The van der Waals surface area contributed by atoms with Crippen molar-refractivity contribution in [2.75, 3.05) is 32.2 Å². The Kier molecular flexibility index (Phi) is 5.98. The fourth-order valence-corrected chi connectivity index (χ4v) is 1.72. The Morgan fingerprint density at radius 3 is 3.00 bits per heavy atom. The molecule has 1 N–H and O–H groups in total. The van der Waals surface area contributed by atoms with Gasteiger partial charge >= 0.3 is 0 Å². The Morgan fingerprint density at radius 2 is 2.40 bits per heavy atom. The summed E-state index contributed by atoms with van der Waals surface area (Å²) in [5, 5.41) is 2.83. The van der Waals surface area contributed by atoms with E-state index < -0.39 is 0 Å². The number of ether oxygens (including phenoxy) is 2. The van der Waals surface area contributed by atoms with Crippen LogP contribution in [0.25, 0.3) is 0 Å². The standard InChI is InChI=1S/C10H18ClNO3/c1-8-9(2-5-15-8)10(13)12-4-7-14-6-3-11/h8-9H,2-7H2,1H3,(H,12,13). The second-order valence-electron chi connectivity index (χ2n) is 3.56. The quantitative estimate of drug-likeness (QED) is 0.547. The van der Waals surface area contributed by atoms with Gasteiger partial charge in [0.05, 0.1) is 25.2 Å². The molecule has 1 aliphatic rings. The van der Waals surface area contributed by atoms with Crippen LogP contribution in [0.4, 0.5) is 0 Å². The molecule has 0 saturated carbocycles. The second kappa shape index (κ2) is 7.04.